The third kappa shape index (κ3) is 10.6. The summed E-state index contributed by atoms with van der Waals surface area (Å²) < 4.78 is 15.2. The first-order valence-corrected chi connectivity index (χ1v) is 12.7. The first kappa shape index (κ1) is 28.1. The van der Waals surface area contributed by atoms with Crippen LogP contribution in [0.25, 0.3) is 0 Å². The van der Waals surface area contributed by atoms with Gasteiger partial charge in [0.25, 0.3) is 0 Å². The van der Waals surface area contributed by atoms with Crippen LogP contribution in [0.1, 0.15) is 22.9 Å². The summed E-state index contributed by atoms with van der Waals surface area (Å²) in [5, 5.41) is 3.50. The molecule has 0 bridgehead atoms. The van der Waals surface area contributed by atoms with Crippen LogP contribution in [0.5, 0.6) is 0 Å². The normalized spacial score (nSPS) is 13.9. The SMILES string of the molecule is NCCn1cccc1.O=CCOCc1ccccc1.c1ccc(COCC2NCCn3cccc32)cc1. The lowest BCUT2D eigenvalue weighted by atomic mass is 10.2. The van der Waals surface area contributed by atoms with Crippen molar-refractivity contribution in [2.24, 2.45) is 5.73 Å². The molecule has 0 aliphatic carbocycles. The van der Waals surface area contributed by atoms with Gasteiger partial charge in [0.1, 0.15) is 12.9 Å². The van der Waals surface area contributed by atoms with Gasteiger partial charge in [-0.25, -0.2) is 0 Å². The average molecular weight is 503 g/mol. The molecule has 1 unspecified atom stereocenters. The Hall–Kier alpha value is -3.49. The van der Waals surface area contributed by atoms with E-state index in [0.29, 0.717) is 25.8 Å². The molecule has 1 aliphatic heterocycles. The van der Waals surface area contributed by atoms with Gasteiger partial charge in [0.15, 0.2) is 0 Å². The van der Waals surface area contributed by atoms with E-state index in [9.17, 15) is 4.79 Å². The first-order chi connectivity index (χ1) is 18.3. The van der Waals surface area contributed by atoms with Crippen molar-refractivity contribution in [1.29, 1.82) is 0 Å². The highest BCUT2D eigenvalue weighted by molar-refractivity contribution is 5.50. The van der Waals surface area contributed by atoms with Crippen LogP contribution in [-0.4, -0.2) is 41.7 Å². The molecule has 0 saturated heterocycles. The molecule has 5 rings (SSSR count). The molecule has 196 valence electrons. The standard InChI is InChI=1S/C15H18N2O.C9H10O2.C6H10N2/c1-2-5-13(6-3-1)11-18-12-14-15-7-4-9-17(15)10-8-16-14;10-6-7-11-8-9-4-2-1-3-5-9;7-3-6-8-4-1-2-5-8/h1-7,9,14,16H,8,10-12H2;1-6H,7-8H2;1-2,4-5H,3,6-7H2. The first-order valence-electron chi connectivity index (χ1n) is 12.7. The number of aromatic nitrogens is 2. The molecule has 37 heavy (non-hydrogen) atoms. The van der Waals surface area contributed by atoms with Gasteiger partial charge in [0, 0.05) is 50.5 Å². The van der Waals surface area contributed by atoms with E-state index in [1.165, 1.54) is 11.3 Å². The second-order valence-corrected chi connectivity index (χ2v) is 8.51. The fraction of sp³-hybridized carbons (Fsp3) is 0.300. The summed E-state index contributed by atoms with van der Waals surface area (Å²) in [6.45, 7) is 5.80. The van der Waals surface area contributed by atoms with Gasteiger partial charge >= 0.3 is 0 Å². The molecular formula is C30H38N4O3. The molecule has 1 aliphatic rings. The number of hydrogen-bond donors (Lipinski definition) is 2. The van der Waals surface area contributed by atoms with Gasteiger partial charge in [0.05, 0.1) is 25.9 Å². The number of benzene rings is 2. The van der Waals surface area contributed by atoms with Crippen LogP contribution in [0.15, 0.2) is 104 Å². The van der Waals surface area contributed by atoms with Crippen LogP contribution >= 0.6 is 0 Å². The zero-order valence-electron chi connectivity index (χ0n) is 21.3. The van der Waals surface area contributed by atoms with Gasteiger partial charge in [-0.1, -0.05) is 60.7 Å². The summed E-state index contributed by atoms with van der Waals surface area (Å²) in [4.78, 5) is 9.87. The number of aldehydes is 1. The Morgan fingerprint density at radius 2 is 1.49 bits per heavy atom. The second-order valence-electron chi connectivity index (χ2n) is 8.51. The summed E-state index contributed by atoms with van der Waals surface area (Å²) in [6, 6.07) is 28.6. The smallest absolute Gasteiger partial charge is 0.145 e. The van der Waals surface area contributed by atoms with Gasteiger partial charge in [0.2, 0.25) is 0 Å². The lowest BCUT2D eigenvalue weighted by Gasteiger charge is -2.26. The number of hydrogen-bond acceptors (Lipinski definition) is 5. The number of rotatable bonds is 10. The number of ether oxygens (including phenoxy) is 2. The van der Waals surface area contributed by atoms with Crippen LogP contribution in [0.2, 0.25) is 0 Å². The quantitative estimate of drug-likeness (QED) is 0.251. The monoisotopic (exact) mass is 502 g/mol. The van der Waals surface area contributed by atoms with Crippen LogP contribution in [0.4, 0.5) is 0 Å². The number of nitrogens with one attached hydrogen (secondary N) is 1. The van der Waals surface area contributed by atoms with E-state index in [2.05, 4.69) is 44.9 Å². The minimum atomic E-state index is 0.175. The molecule has 2 aromatic carbocycles. The maximum atomic E-state index is 9.87. The van der Waals surface area contributed by atoms with Gasteiger partial charge < -0.3 is 34.5 Å². The largest absolute Gasteiger partial charge is 0.375 e. The number of fused-ring (bicyclic) bond motifs is 1. The molecule has 7 nitrogen and oxygen atoms in total. The zero-order chi connectivity index (χ0) is 26.0. The maximum Gasteiger partial charge on any atom is 0.145 e. The van der Waals surface area contributed by atoms with Gasteiger partial charge in [-0.05, 0) is 35.4 Å². The molecule has 3 N–H and O–H groups in total. The van der Waals surface area contributed by atoms with E-state index in [1.807, 2.05) is 73.1 Å². The van der Waals surface area contributed by atoms with Gasteiger partial charge in [-0.15, -0.1) is 0 Å². The molecule has 2 aromatic heterocycles. The van der Waals surface area contributed by atoms with Crippen molar-refractivity contribution in [3.05, 3.63) is 120 Å². The highest BCUT2D eigenvalue weighted by atomic mass is 16.5. The number of carbonyl (C=O) groups excluding carboxylic acids is 1. The fourth-order valence-corrected chi connectivity index (χ4v) is 3.89. The third-order valence-electron chi connectivity index (χ3n) is 5.71. The summed E-state index contributed by atoms with van der Waals surface area (Å²) in [5.74, 6) is 0. The van der Waals surface area contributed by atoms with Crippen molar-refractivity contribution in [2.75, 3.05) is 26.3 Å². The average Bonchev–Trinajstić information content (AvgIpc) is 3.64. The van der Waals surface area contributed by atoms with E-state index >= 15 is 0 Å². The minimum absolute atomic E-state index is 0.175. The number of carbonyl (C=O) groups is 1. The summed E-state index contributed by atoms with van der Waals surface area (Å²) >= 11 is 0. The van der Waals surface area contributed by atoms with E-state index in [4.69, 9.17) is 15.2 Å². The van der Waals surface area contributed by atoms with Gasteiger partial charge in [-0.3, -0.25) is 0 Å². The predicted molar refractivity (Wildman–Crippen MR) is 147 cm³/mol. The Bertz CT molecular complexity index is 1100. The Kier molecular flexibility index (Phi) is 12.9. The highest BCUT2D eigenvalue weighted by Gasteiger charge is 2.18. The van der Waals surface area contributed by atoms with Crippen LogP contribution in [0, 0.1) is 0 Å². The van der Waals surface area contributed by atoms with Crippen molar-refractivity contribution >= 4 is 6.29 Å². The van der Waals surface area contributed by atoms with E-state index in [-0.39, 0.29) is 6.61 Å². The Morgan fingerprint density at radius 1 is 0.838 bits per heavy atom. The van der Waals surface area contributed by atoms with Crippen LogP contribution < -0.4 is 11.1 Å². The third-order valence-corrected chi connectivity index (χ3v) is 5.71. The fourth-order valence-electron chi connectivity index (χ4n) is 3.89. The summed E-state index contributed by atoms with van der Waals surface area (Å²) in [7, 11) is 0. The Balaban J connectivity index is 0.000000171. The molecule has 0 radical (unpaired) electrons. The summed E-state index contributed by atoms with van der Waals surface area (Å²) in [5.41, 5.74) is 8.94. The van der Waals surface area contributed by atoms with Crippen molar-refractivity contribution in [2.45, 2.75) is 32.3 Å². The van der Waals surface area contributed by atoms with Crippen molar-refractivity contribution in [3.63, 3.8) is 0 Å². The van der Waals surface area contributed by atoms with Crippen LogP contribution in [0.3, 0.4) is 0 Å². The minimum Gasteiger partial charge on any atom is -0.375 e. The molecule has 1 atom stereocenters. The second kappa shape index (κ2) is 17.1. The van der Waals surface area contributed by atoms with Crippen LogP contribution in [-0.2, 0) is 40.6 Å². The van der Waals surface area contributed by atoms with Crippen molar-refractivity contribution < 1.29 is 14.3 Å². The predicted octanol–water partition coefficient (Wildman–Crippen LogP) is 4.20. The summed E-state index contributed by atoms with van der Waals surface area (Å²) in [6.07, 6.45) is 6.91. The Morgan fingerprint density at radius 3 is 2.11 bits per heavy atom. The highest BCUT2D eigenvalue weighted by Crippen LogP contribution is 2.18. The lowest BCUT2D eigenvalue weighted by Crippen LogP contribution is -2.35. The van der Waals surface area contributed by atoms with E-state index in [1.54, 1.807) is 0 Å². The molecular weight excluding hydrogens is 464 g/mol. The van der Waals surface area contributed by atoms with Crippen molar-refractivity contribution in [3.8, 4) is 0 Å². The molecule has 0 amide bonds. The van der Waals surface area contributed by atoms with Crippen molar-refractivity contribution in [1.82, 2.24) is 14.5 Å². The Labute approximate surface area is 219 Å². The molecule has 0 saturated carbocycles. The number of nitrogens with zero attached hydrogens (tertiary/aromatic N) is 2. The molecule has 7 heteroatoms. The molecule has 0 fully saturated rings. The van der Waals surface area contributed by atoms with E-state index in [0.717, 1.165) is 38.1 Å². The van der Waals surface area contributed by atoms with E-state index < -0.39 is 0 Å². The zero-order valence-corrected chi connectivity index (χ0v) is 21.3. The number of nitrogens with two attached hydrogens (primary N) is 1. The molecule has 3 heterocycles. The lowest BCUT2D eigenvalue weighted by molar-refractivity contribution is -0.112. The maximum absolute atomic E-state index is 9.87. The van der Waals surface area contributed by atoms with Gasteiger partial charge in [-0.2, -0.15) is 0 Å². The molecule has 0 spiro atoms. The topological polar surface area (TPSA) is 83.4 Å². The molecule has 4 aromatic rings.